The molecule has 6 nitrogen and oxygen atoms in total. The van der Waals surface area contributed by atoms with Crippen LogP contribution < -0.4 is 5.49 Å². The summed E-state index contributed by atoms with van der Waals surface area (Å²) in [4.78, 5) is 11.4. The quantitative estimate of drug-likeness (QED) is 0.439. The van der Waals surface area contributed by atoms with Crippen molar-refractivity contribution < 1.29 is 14.6 Å². The number of aryl methyl sites for hydroxylation is 2. The molecule has 1 heterocycles. The van der Waals surface area contributed by atoms with Crippen molar-refractivity contribution in [3.63, 3.8) is 0 Å². The molecule has 0 spiro atoms. The van der Waals surface area contributed by atoms with E-state index in [1.807, 2.05) is 6.92 Å². The van der Waals surface area contributed by atoms with Crippen LogP contribution in [0.5, 0.6) is 5.75 Å². The minimum Gasteiger partial charge on any atom is -0.508 e. The Morgan fingerprint density at radius 1 is 1.36 bits per heavy atom. The Balaban J connectivity index is 2.02. The van der Waals surface area contributed by atoms with Gasteiger partial charge in [-0.2, -0.15) is 5.10 Å². The van der Waals surface area contributed by atoms with Gasteiger partial charge in [-0.25, -0.2) is 4.68 Å². The number of hydrogen-bond donors (Lipinski definition) is 2. The fourth-order valence-corrected chi connectivity index (χ4v) is 2.43. The lowest BCUT2D eigenvalue weighted by molar-refractivity contribution is -0.142. The highest BCUT2D eigenvalue weighted by molar-refractivity contribution is 5.69. The first-order chi connectivity index (χ1) is 12.0. The molecule has 6 heteroatoms. The predicted molar refractivity (Wildman–Crippen MR) is 94.9 cm³/mol. The molecule has 0 radical (unpaired) electrons. The molecule has 0 atom stereocenters. The first-order valence-electron chi connectivity index (χ1n) is 8.20. The van der Waals surface area contributed by atoms with E-state index in [2.05, 4.69) is 11.7 Å². The normalized spacial score (nSPS) is 10.4. The third-order valence-corrected chi connectivity index (χ3v) is 3.73. The summed E-state index contributed by atoms with van der Waals surface area (Å²) in [6.07, 6.45) is 3.29. The minimum absolute atomic E-state index is 0.203. The van der Waals surface area contributed by atoms with E-state index in [1.54, 1.807) is 41.1 Å². The third-order valence-electron chi connectivity index (χ3n) is 3.73. The number of nitrogens with zero attached hydrogens (tertiary/aromatic N) is 2. The number of hydrogen-bond acceptors (Lipinski definition) is 5. The summed E-state index contributed by atoms with van der Waals surface area (Å²) in [5, 5.41) is 22.0. The summed E-state index contributed by atoms with van der Waals surface area (Å²) >= 11 is 0. The van der Waals surface area contributed by atoms with Crippen molar-refractivity contribution in [1.29, 1.82) is 5.41 Å². The Morgan fingerprint density at radius 3 is 2.76 bits per heavy atom. The Bertz CT molecular complexity index is 795. The Labute approximate surface area is 146 Å². The van der Waals surface area contributed by atoms with Crippen LogP contribution in [0.1, 0.15) is 24.8 Å². The standard InChI is InChI=1S/C19H23N3O3/c1-3-12-25-18(24)6-4-5-11-22-17(20)13-14(2)19(21-22)15-7-9-16(23)10-8-15/h3,7-10,13,20,23H,1,4-6,11-12H2,2H3. The molecule has 1 aromatic carbocycles. The van der Waals surface area contributed by atoms with Gasteiger partial charge in [-0.15, -0.1) is 0 Å². The number of unbranched alkanes of at least 4 members (excludes halogenated alkanes) is 1. The Morgan fingerprint density at radius 2 is 2.08 bits per heavy atom. The van der Waals surface area contributed by atoms with Crippen molar-refractivity contribution in [3.05, 3.63) is 54.0 Å². The molecular weight excluding hydrogens is 318 g/mol. The number of carbonyl (C=O) groups is 1. The van der Waals surface area contributed by atoms with Crippen molar-refractivity contribution in [1.82, 2.24) is 9.78 Å². The van der Waals surface area contributed by atoms with Crippen LogP contribution in [0, 0.1) is 12.3 Å². The van der Waals surface area contributed by atoms with Crippen molar-refractivity contribution in [2.75, 3.05) is 6.61 Å². The largest absolute Gasteiger partial charge is 0.508 e. The van der Waals surface area contributed by atoms with Gasteiger partial charge in [0.25, 0.3) is 0 Å². The number of rotatable bonds is 8. The van der Waals surface area contributed by atoms with Crippen molar-refractivity contribution in [3.8, 4) is 17.0 Å². The molecule has 0 aliphatic rings. The third kappa shape index (κ3) is 5.31. The van der Waals surface area contributed by atoms with Crippen LogP contribution in [0.2, 0.25) is 0 Å². The molecular formula is C19H23N3O3. The van der Waals surface area contributed by atoms with Gasteiger partial charge in [0.1, 0.15) is 17.8 Å². The predicted octanol–water partition coefficient (Wildman–Crippen LogP) is 2.94. The molecule has 0 fully saturated rings. The van der Waals surface area contributed by atoms with Gasteiger partial charge < -0.3 is 9.84 Å². The molecule has 2 N–H and O–H groups in total. The maximum absolute atomic E-state index is 11.4. The van der Waals surface area contributed by atoms with E-state index in [9.17, 15) is 9.90 Å². The van der Waals surface area contributed by atoms with Gasteiger partial charge in [-0.1, -0.05) is 12.7 Å². The number of aromatic hydroxyl groups is 1. The van der Waals surface area contributed by atoms with Crippen LogP contribution >= 0.6 is 0 Å². The molecule has 0 saturated carbocycles. The van der Waals surface area contributed by atoms with Crippen molar-refractivity contribution in [2.24, 2.45) is 0 Å². The zero-order chi connectivity index (χ0) is 18.2. The summed E-state index contributed by atoms with van der Waals surface area (Å²) in [7, 11) is 0. The molecule has 2 rings (SSSR count). The van der Waals surface area contributed by atoms with E-state index in [-0.39, 0.29) is 18.3 Å². The first-order valence-corrected chi connectivity index (χ1v) is 8.20. The lowest BCUT2D eigenvalue weighted by Gasteiger charge is -2.11. The fourth-order valence-electron chi connectivity index (χ4n) is 2.43. The van der Waals surface area contributed by atoms with Gasteiger partial charge in [-0.05, 0) is 55.7 Å². The Kier molecular flexibility index (Phi) is 6.51. The van der Waals surface area contributed by atoms with Crippen LogP contribution in [0.3, 0.4) is 0 Å². The van der Waals surface area contributed by atoms with Gasteiger partial charge in [-0.3, -0.25) is 10.2 Å². The molecule has 2 aromatic rings. The average Bonchev–Trinajstić information content (AvgIpc) is 2.59. The lowest BCUT2D eigenvalue weighted by Crippen LogP contribution is -2.24. The maximum atomic E-state index is 11.4. The summed E-state index contributed by atoms with van der Waals surface area (Å²) in [5.74, 6) is -0.0348. The van der Waals surface area contributed by atoms with E-state index in [0.717, 1.165) is 23.2 Å². The number of esters is 1. The molecule has 0 aliphatic heterocycles. The molecule has 132 valence electrons. The summed E-state index contributed by atoms with van der Waals surface area (Å²) in [6, 6.07) is 8.60. The smallest absolute Gasteiger partial charge is 0.306 e. The lowest BCUT2D eigenvalue weighted by atomic mass is 10.1. The topological polar surface area (TPSA) is 88.2 Å². The maximum Gasteiger partial charge on any atom is 0.306 e. The molecule has 0 saturated heterocycles. The van der Waals surface area contributed by atoms with Crippen LogP contribution in [-0.2, 0) is 16.1 Å². The number of benzene rings is 1. The highest BCUT2D eigenvalue weighted by Crippen LogP contribution is 2.21. The highest BCUT2D eigenvalue weighted by Gasteiger charge is 2.08. The molecule has 0 aliphatic carbocycles. The molecule has 0 amide bonds. The second kappa shape index (κ2) is 8.82. The molecule has 1 aromatic heterocycles. The van der Waals surface area contributed by atoms with E-state index in [0.29, 0.717) is 24.9 Å². The van der Waals surface area contributed by atoms with Gasteiger partial charge in [0.2, 0.25) is 0 Å². The summed E-state index contributed by atoms with van der Waals surface area (Å²) in [5.41, 5.74) is 2.90. The zero-order valence-electron chi connectivity index (χ0n) is 14.4. The SMILES string of the molecule is C=CCOC(=O)CCCCn1nc(-c2ccc(O)cc2)c(C)cc1=N. The molecule has 0 unspecified atom stereocenters. The van der Waals surface area contributed by atoms with Gasteiger partial charge in [0.15, 0.2) is 0 Å². The minimum atomic E-state index is -0.238. The fraction of sp³-hybridized carbons (Fsp3) is 0.316. The summed E-state index contributed by atoms with van der Waals surface area (Å²) < 4.78 is 6.56. The number of phenolic OH excluding ortho intramolecular Hbond substituents is 1. The number of phenols is 1. The number of ether oxygens (including phenoxy) is 1. The first kappa shape index (κ1) is 18.4. The van der Waals surface area contributed by atoms with Crippen LogP contribution in [0.4, 0.5) is 0 Å². The van der Waals surface area contributed by atoms with E-state index in [4.69, 9.17) is 10.1 Å². The van der Waals surface area contributed by atoms with Gasteiger partial charge in [0.05, 0.1) is 5.69 Å². The number of nitrogens with one attached hydrogen (secondary N) is 1. The van der Waals surface area contributed by atoms with Crippen molar-refractivity contribution >= 4 is 5.97 Å². The van der Waals surface area contributed by atoms with Crippen LogP contribution in [0.25, 0.3) is 11.3 Å². The summed E-state index contributed by atoms with van der Waals surface area (Å²) in [6.45, 7) is 6.20. The van der Waals surface area contributed by atoms with Crippen LogP contribution in [-0.4, -0.2) is 27.5 Å². The molecule has 25 heavy (non-hydrogen) atoms. The average molecular weight is 341 g/mol. The van der Waals surface area contributed by atoms with E-state index in [1.165, 1.54) is 0 Å². The van der Waals surface area contributed by atoms with E-state index < -0.39 is 0 Å². The highest BCUT2D eigenvalue weighted by atomic mass is 16.5. The van der Waals surface area contributed by atoms with Crippen LogP contribution in [0.15, 0.2) is 43.0 Å². The zero-order valence-corrected chi connectivity index (χ0v) is 14.4. The van der Waals surface area contributed by atoms with Gasteiger partial charge >= 0.3 is 5.97 Å². The second-order valence-corrected chi connectivity index (χ2v) is 5.76. The number of carbonyl (C=O) groups excluding carboxylic acids is 1. The monoisotopic (exact) mass is 341 g/mol. The van der Waals surface area contributed by atoms with E-state index >= 15 is 0 Å². The number of aromatic nitrogens is 2. The Hall–Kier alpha value is -2.89. The van der Waals surface area contributed by atoms with Crippen molar-refractivity contribution in [2.45, 2.75) is 32.7 Å². The van der Waals surface area contributed by atoms with Gasteiger partial charge in [0, 0.05) is 18.5 Å². The molecule has 0 bridgehead atoms. The second-order valence-electron chi connectivity index (χ2n) is 5.76.